The molecule has 0 atom stereocenters. The number of carbonyl (C=O) groups is 1. The summed E-state index contributed by atoms with van der Waals surface area (Å²) in [5, 5.41) is 11.7. The molecule has 136 valence electrons. The molecular weight excluding hydrogens is 342 g/mol. The molecule has 0 radical (unpaired) electrons. The molecule has 7 nitrogen and oxygen atoms in total. The number of benzene rings is 1. The molecule has 1 fully saturated rings. The number of urea groups is 1. The van der Waals surface area contributed by atoms with Gasteiger partial charge in [-0.05, 0) is 18.2 Å². The third-order valence-electron chi connectivity index (χ3n) is 4.23. The second kappa shape index (κ2) is 7.93. The number of hydrogen-bond acceptors (Lipinski definition) is 4. The Morgan fingerprint density at radius 3 is 2.77 bits per heavy atom. The number of nitrogens with zero attached hydrogens (tertiary/aromatic N) is 5. The summed E-state index contributed by atoms with van der Waals surface area (Å²) in [6.45, 7) is -0.178. The molecule has 0 unspecified atom stereocenters. The van der Waals surface area contributed by atoms with Crippen molar-refractivity contribution in [2.75, 3.05) is 31.5 Å². The van der Waals surface area contributed by atoms with Crippen LogP contribution in [-0.4, -0.2) is 51.6 Å². The largest absolute Gasteiger partial charge is 0.322 e. The second-order valence-electron chi connectivity index (χ2n) is 5.91. The minimum atomic E-state index is -2.61. The van der Waals surface area contributed by atoms with Gasteiger partial charge in [-0.1, -0.05) is 6.07 Å². The summed E-state index contributed by atoms with van der Waals surface area (Å²) in [5.74, 6) is 0.311. The van der Waals surface area contributed by atoms with Gasteiger partial charge in [-0.2, -0.15) is 14.0 Å². The van der Waals surface area contributed by atoms with Gasteiger partial charge in [-0.15, -0.1) is 0 Å². The van der Waals surface area contributed by atoms with Gasteiger partial charge in [0.25, 0.3) is 0 Å². The molecule has 1 saturated heterocycles. The Kier molecular flexibility index (Phi) is 5.43. The first kappa shape index (κ1) is 17.8. The van der Waals surface area contributed by atoms with Crippen LogP contribution in [-0.2, 0) is 6.54 Å². The van der Waals surface area contributed by atoms with Crippen LogP contribution >= 0.6 is 0 Å². The first-order chi connectivity index (χ1) is 12.6. The number of carbonyl (C=O) groups excluding carboxylic acids is 1. The zero-order valence-electron chi connectivity index (χ0n) is 14.0. The number of piperazine rings is 1. The number of aromatic nitrogens is 2. The lowest BCUT2D eigenvalue weighted by Gasteiger charge is -2.34. The average molecular weight is 360 g/mol. The topological polar surface area (TPSA) is 77.2 Å². The van der Waals surface area contributed by atoms with E-state index in [-0.39, 0.29) is 6.03 Å². The van der Waals surface area contributed by atoms with Gasteiger partial charge < -0.3 is 10.2 Å². The number of nitriles is 1. The fourth-order valence-corrected chi connectivity index (χ4v) is 2.82. The smallest absolute Gasteiger partial charge is 0.321 e. The number of hydrogen-bond donors (Lipinski definition) is 1. The lowest BCUT2D eigenvalue weighted by Crippen LogP contribution is -2.49. The zero-order chi connectivity index (χ0) is 18.5. The first-order valence-electron chi connectivity index (χ1n) is 8.15. The van der Waals surface area contributed by atoms with Gasteiger partial charge in [-0.3, -0.25) is 9.47 Å². The molecule has 0 aliphatic carbocycles. The molecular formula is C17H18F2N6O. The molecule has 0 spiro atoms. The van der Waals surface area contributed by atoms with Crippen molar-refractivity contribution in [3.8, 4) is 6.07 Å². The maximum atomic E-state index is 12.9. The van der Waals surface area contributed by atoms with Gasteiger partial charge in [0.2, 0.25) is 0 Å². The first-order valence-corrected chi connectivity index (χ1v) is 8.15. The Hall–Kier alpha value is -2.99. The van der Waals surface area contributed by atoms with E-state index in [0.717, 1.165) is 4.57 Å². The Balaban J connectivity index is 1.52. The highest BCUT2D eigenvalue weighted by Crippen LogP contribution is 2.16. The van der Waals surface area contributed by atoms with Crippen molar-refractivity contribution < 1.29 is 13.6 Å². The fourth-order valence-electron chi connectivity index (χ4n) is 2.82. The number of alkyl halides is 2. The van der Waals surface area contributed by atoms with Gasteiger partial charge in [0, 0.05) is 44.3 Å². The van der Waals surface area contributed by atoms with Gasteiger partial charge >= 0.3 is 12.6 Å². The summed E-state index contributed by atoms with van der Waals surface area (Å²) in [6.07, 6.45) is 2.62. The van der Waals surface area contributed by atoms with Crippen molar-refractivity contribution >= 4 is 11.7 Å². The van der Waals surface area contributed by atoms with Gasteiger partial charge in [-0.25, -0.2) is 9.78 Å². The van der Waals surface area contributed by atoms with Crippen LogP contribution in [0.3, 0.4) is 0 Å². The van der Waals surface area contributed by atoms with Crippen LogP contribution < -0.4 is 5.32 Å². The van der Waals surface area contributed by atoms with Crippen molar-refractivity contribution in [3.05, 3.63) is 48.0 Å². The Bertz CT molecular complexity index is 808. The molecule has 9 heteroatoms. The van der Waals surface area contributed by atoms with E-state index in [1.165, 1.54) is 12.4 Å². The summed E-state index contributed by atoms with van der Waals surface area (Å²) < 4.78 is 26.6. The van der Waals surface area contributed by atoms with E-state index in [1.54, 1.807) is 29.2 Å². The number of imidazole rings is 1. The molecule has 1 N–H and O–H groups in total. The highest BCUT2D eigenvalue weighted by Gasteiger charge is 2.23. The molecule has 2 aromatic rings. The van der Waals surface area contributed by atoms with Crippen LogP contribution in [0.4, 0.5) is 19.3 Å². The summed E-state index contributed by atoms with van der Waals surface area (Å²) in [4.78, 5) is 20.0. The van der Waals surface area contributed by atoms with E-state index in [2.05, 4.69) is 10.3 Å². The van der Waals surface area contributed by atoms with Crippen LogP contribution in [0, 0.1) is 11.3 Å². The molecule has 0 saturated carbocycles. The van der Waals surface area contributed by atoms with Crippen LogP contribution in [0.15, 0.2) is 36.7 Å². The molecule has 1 aliphatic heterocycles. The highest BCUT2D eigenvalue weighted by atomic mass is 19.3. The lowest BCUT2D eigenvalue weighted by molar-refractivity contribution is 0.0620. The second-order valence-corrected chi connectivity index (χ2v) is 5.91. The monoisotopic (exact) mass is 360 g/mol. The maximum Gasteiger partial charge on any atom is 0.321 e. The highest BCUT2D eigenvalue weighted by molar-refractivity contribution is 5.89. The van der Waals surface area contributed by atoms with Gasteiger partial charge in [0.1, 0.15) is 5.82 Å². The number of nitrogens with one attached hydrogen (secondary N) is 1. The average Bonchev–Trinajstić information content (AvgIpc) is 3.11. The molecule has 26 heavy (non-hydrogen) atoms. The molecule has 1 aromatic carbocycles. The van der Waals surface area contributed by atoms with Crippen molar-refractivity contribution in [2.45, 2.75) is 13.1 Å². The van der Waals surface area contributed by atoms with Crippen LogP contribution in [0.1, 0.15) is 17.9 Å². The van der Waals surface area contributed by atoms with Gasteiger partial charge in [0.15, 0.2) is 0 Å². The Morgan fingerprint density at radius 2 is 2.08 bits per heavy atom. The predicted molar refractivity (Wildman–Crippen MR) is 90.5 cm³/mol. The quantitative estimate of drug-likeness (QED) is 0.909. The van der Waals surface area contributed by atoms with E-state index < -0.39 is 6.55 Å². The van der Waals surface area contributed by atoms with E-state index in [9.17, 15) is 13.6 Å². The fraction of sp³-hybridized carbons (Fsp3) is 0.353. The van der Waals surface area contributed by atoms with Gasteiger partial charge in [0.05, 0.1) is 18.2 Å². The summed E-state index contributed by atoms with van der Waals surface area (Å²) in [5.41, 5.74) is 1.04. The standard InChI is InChI=1S/C17H18F2N6O/c18-16(19)25-5-4-21-15(25)12-23-6-8-24(9-7-23)17(26)22-14-3-1-2-13(10-14)11-20/h1-5,10,16H,6-9,12H2,(H,22,26). The van der Waals surface area contributed by atoms with Crippen LogP contribution in [0.5, 0.6) is 0 Å². The molecule has 2 heterocycles. The van der Waals surface area contributed by atoms with Crippen molar-refractivity contribution in [3.63, 3.8) is 0 Å². The van der Waals surface area contributed by atoms with E-state index >= 15 is 0 Å². The lowest BCUT2D eigenvalue weighted by atomic mass is 10.2. The third kappa shape index (κ3) is 4.15. The number of rotatable bonds is 4. The minimum Gasteiger partial charge on any atom is -0.322 e. The zero-order valence-corrected chi connectivity index (χ0v) is 14.0. The van der Waals surface area contributed by atoms with Crippen LogP contribution in [0.25, 0.3) is 0 Å². The van der Waals surface area contributed by atoms with Crippen molar-refractivity contribution in [1.29, 1.82) is 5.26 Å². The molecule has 1 aliphatic rings. The predicted octanol–water partition coefficient (Wildman–Crippen LogP) is 2.50. The van der Waals surface area contributed by atoms with E-state index in [0.29, 0.717) is 49.8 Å². The van der Waals surface area contributed by atoms with Crippen LogP contribution in [0.2, 0.25) is 0 Å². The molecule has 0 bridgehead atoms. The Labute approximate surface area is 149 Å². The SMILES string of the molecule is N#Cc1cccc(NC(=O)N2CCN(Cc3nccn3C(F)F)CC2)c1. The van der Waals surface area contributed by atoms with Crippen molar-refractivity contribution in [2.24, 2.45) is 0 Å². The number of amides is 2. The summed E-state index contributed by atoms with van der Waals surface area (Å²) in [7, 11) is 0. The number of halogens is 2. The minimum absolute atomic E-state index is 0.242. The normalized spacial score (nSPS) is 15.1. The maximum absolute atomic E-state index is 12.9. The van der Waals surface area contributed by atoms with E-state index in [1.807, 2.05) is 11.0 Å². The van der Waals surface area contributed by atoms with Crippen molar-refractivity contribution in [1.82, 2.24) is 19.4 Å². The number of anilines is 1. The molecule has 3 rings (SSSR count). The molecule has 1 aromatic heterocycles. The Morgan fingerprint density at radius 1 is 1.31 bits per heavy atom. The van der Waals surface area contributed by atoms with E-state index in [4.69, 9.17) is 5.26 Å². The third-order valence-corrected chi connectivity index (χ3v) is 4.23. The molecule has 2 amide bonds. The summed E-state index contributed by atoms with van der Waals surface area (Å²) >= 11 is 0. The summed E-state index contributed by atoms with van der Waals surface area (Å²) in [6, 6.07) is 8.49.